The topological polar surface area (TPSA) is 58.1 Å². The van der Waals surface area contributed by atoms with Crippen LogP contribution in [0, 0.1) is 5.92 Å². The summed E-state index contributed by atoms with van der Waals surface area (Å²) in [6, 6.07) is 0.522. The van der Waals surface area contributed by atoms with Crippen molar-refractivity contribution in [3.8, 4) is 0 Å². The van der Waals surface area contributed by atoms with Crippen LogP contribution < -0.4 is 10.6 Å². The molecule has 2 heterocycles. The number of hydrogen-bond donors (Lipinski definition) is 2. The molecule has 154 valence electrons. The molecule has 1 atom stereocenters. The van der Waals surface area contributed by atoms with E-state index in [1.165, 1.54) is 32.5 Å². The first-order valence-corrected chi connectivity index (χ1v) is 10.1. The van der Waals surface area contributed by atoms with Crippen LogP contribution in [0.15, 0.2) is 4.99 Å². The second-order valence-electron chi connectivity index (χ2n) is 7.58. The number of halogens is 1. The van der Waals surface area contributed by atoms with E-state index in [1.54, 1.807) is 0 Å². The van der Waals surface area contributed by atoms with Crippen molar-refractivity contribution >= 4 is 29.9 Å². The predicted molar refractivity (Wildman–Crippen MR) is 119 cm³/mol. The van der Waals surface area contributed by atoms with Crippen molar-refractivity contribution in [1.82, 2.24) is 15.5 Å². The fraction of sp³-hybridized carbons (Fsp3) is 0.947. The number of aliphatic imine (C=N–C) groups is 1. The number of rotatable bonds is 9. The van der Waals surface area contributed by atoms with Gasteiger partial charge in [0.15, 0.2) is 5.96 Å². The minimum Gasteiger partial charge on any atom is -0.377 e. The summed E-state index contributed by atoms with van der Waals surface area (Å²) in [5.41, 5.74) is 0. The minimum absolute atomic E-state index is 0. The van der Waals surface area contributed by atoms with Gasteiger partial charge in [0.2, 0.25) is 0 Å². The van der Waals surface area contributed by atoms with Crippen LogP contribution in [0.2, 0.25) is 0 Å². The van der Waals surface area contributed by atoms with Gasteiger partial charge in [-0.05, 0) is 38.5 Å². The van der Waals surface area contributed by atoms with Gasteiger partial charge in [-0.3, -0.25) is 4.99 Å². The third-order valence-electron chi connectivity index (χ3n) is 4.73. The first-order valence-electron chi connectivity index (χ1n) is 10.1. The predicted octanol–water partition coefficient (Wildman–Crippen LogP) is 2.48. The standard InChI is InChI=1S/C19H38N4O2.HI/c1-4-20-19(21-9-13-24-15-18-6-5-12-25-18)22-17-7-10-23(11-8-17)14-16(2)3;/h16-18H,4-15H2,1-3H3,(H2,20,21,22);1H. The second kappa shape index (κ2) is 14.0. The van der Waals surface area contributed by atoms with Crippen LogP contribution in [0.4, 0.5) is 0 Å². The molecule has 0 radical (unpaired) electrons. The molecule has 2 saturated heterocycles. The molecule has 2 aliphatic rings. The second-order valence-corrected chi connectivity index (χ2v) is 7.58. The van der Waals surface area contributed by atoms with Gasteiger partial charge in [-0.25, -0.2) is 0 Å². The molecular formula is C19H39IN4O2. The lowest BCUT2D eigenvalue weighted by Gasteiger charge is -2.34. The number of hydrogen-bond acceptors (Lipinski definition) is 4. The van der Waals surface area contributed by atoms with E-state index >= 15 is 0 Å². The largest absolute Gasteiger partial charge is 0.377 e. The summed E-state index contributed by atoms with van der Waals surface area (Å²) < 4.78 is 11.3. The molecule has 0 amide bonds. The van der Waals surface area contributed by atoms with E-state index in [4.69, 9.17) is 9.47 Å². The summed E-state index contributed by atoms with van der Waals surface area (Å²) in [7, 11) is 0. The molecule has 2 N–H and O–H groups in total. The molecule has 0 aromatic rings. The highest BCUT2D eigenvalue weighted by atomic mass is 127. The SMILES string of the molecule is CCNC(=NCCOCC1CCCO1)NC1CCN(CC(C)C)CC1.I. The maximum absolute atomic E-state index is 5.69. The molecule has 2 fully saturated rings. The van der Waals surface area contributed by atoms with Crippen molar-refractivity contribution in [3.05, 3.63) is 0 Å². The van der Waals surface area contributed by atoms with Gasteiger partial charge in [-0.15, -0.1) is 24.0 Å². The monoisotopic (exact) mass is 482 g/mol. The molecule has 2 aliphatic heterocycles. The quantitative estimate of drug-likeness (QED) is 0.229. The Bertz CT molecular complexity index is 382. The molecule has 0 aliphatic carbocycles. The number of piperidine rings is 1. The molecule has 26 heavy (non-hydrogen) atoms. The lowest BCUT2D eigenvalue weighted by atomic mass is 10.0. The summed E-state index contributed by atoms with van der Waals surface area (Å²) in [5, 5.41) is 6.95. The maximum Gasteiger partial charge on any atom is 0.191 e. The molecule has 0 bridgehead atoms. The summed E-state index contributed by atoms with van der Waals surface area (Å²) >= 11 is 0. The molecule has 6 nitrogen and oxygen atoms in total. The Morgan fingerprint density at radius 1 is 1.27 bits per heavy atom. The van der Waals surface area contributed by atoms with E-state index < -0.39 is 0 Å². The fourth-order valence-electron chi connectivity index (χ4n) is 3.50. The van der Waals surface area contributed by atoms with Crippen LogP contribution in [0.3, 0.4) is 0 Å². The number of nitrogens with one attached hydrogen (secondary N) is 2. The molecule has 0 aromatic carbocycles. The molecule has 0 spiro atoms. The minimum atomic E-state index is 0. The molecular weight excluding hydrogens is 443 g/mol. The summed E-state index contributed by atoms with van der Waals surface area (Å²) in [6.45, 7) is 14.1. The zero-order valence-electron chi connectivity index (χ0n) is 16.8. The third-order valence-corrected chi connectivity index (χ3v) is 4.73. The van der Waals surface area contributed by atoms with Crippen molar-refractivity contribution in [3.63, 3.8) is 0 Å². The molecule has 7 heteroatoms. The molecule has 0 aromatic heterocycles. The summed E-state index contributed by atoms with van der Waals surface area (Å²) in [6.07, 6.45) is 4.96. The van der Waals surface area contributed by atoms with E-state index in [0.29, 0.717) is 31.9 Å². The van der Waals surface area contributed by atoms with Crippen molar-refractivity contribution in [2.75, 3.05) is 52.5 Å². The third kappa shape index (κ3) is 9.71. The first kappa shape index (κ1) is 23.9. The van der Waals surface area contributed by atoms with E-state index in [-0.39, 0.29) is 24.0 Å². The van der Waals surface area contributed by atoms with E-state index in [0.717, 1.165) is 37.9 Å². The van der Waals surface area contributed by atoms with Gasteiger partial charge in [0.1, 0.15) is 0 Å². The Morgan fingerprint density at radius 2 is 2.04 bits per heavy atom. The Hall–Kier alpha value is -0.120. The van der Waals surface area contributed by atoms with Gasteiger partial charge in [0, 0.05) is 38.8 Å². The van der Waals surface area contributed by atoms with Crippen LogP contribution in [-0.4, -0.2) is 75.5 Å². The maximum atomic E-state index is 5.69. The van der Waals surface area contributed by atoms with Gasteiger partial charge in [0.25, 0.3) is 0 Å². The lowest BCUT2D eigenvalue weighted by Crippen LogP contribution is -2.49. The van der Waals surface area contributed by atoms with Crippen LogP contribution >= 0.6 is 24.0 Å². The molecule has 0 saturated carbocycles. The van der Waals surface area contributed by atoms with Crippen LogP contribution in [-0.2, 0) is 9.47 Å². The Labute approximate surface area is 176 Å². The smallest absolute Gasteiger partial charge is 0.191 e. The zero-order chi connectivity index (χ0) is 17.9. The van der Waals surface area contributed by atoms with Crippen molar-refractivity contribution in [2.24, 2.45) is 10.9 Å². The Morgan fingerprint density at radius 3 is 2.65 bits per heavy atom. The van der Waals surface area contributed by atoms with E-state index in [1.807, 2.05) is 0 Å². The van der Waals surface area contributed by atoms with Crippen LogP contribution in [0.25, 0.3) is 0 Å². The molecule has 2 rings (SSSR count). The molecule has 1 unspecified atom stereocenters. The Balaban J connectivity index is 0.00000338. The van der Waals surface area contributed by atoms with Crippen LogP contribution in [0.5, 0.6) is 0 Å². The van der Waals surface area contributed by atoms with Crippen molar-refractivity contribution in [1.29, 1.82) is 0 Å². The number of nitrogens with zero attached hydrogens (tertiary/aromatic N) is 2. The van der Waals surface area contributed by atoms with Gasteiger partial charge >= 0.3 is 0 Å². The van der Waals surface area contributed by atoms with Gasteiger partial charge in [0.05, 0.1) is 25.9 Å². The average Bonchev–Trinajstić information content (AvgIpc) is 3.09. The van der Waals surface area contributed by atoms with Crippen molar-refractivity contribution in [2.45, 2.75) is 58.6 Å². The highest BCUT2D eigenvalue weighted by Crippen LogP contribution is 2.12. The number of ether oxygens (including phenoxy) is 2. The highest BCUT2D eigenvalue weighted by molar-refractivity contribution is 14.0. The first-order chi connectivity index (χ1) is 12.2. The highest BCUT2D eigenvalue weighted by Gasteiger charge is 2.20. The number of likely N-dealkylation sites (tertiary alicyclic amines) is 1. The lowest BCUT2D eigenvalue weighted by molar-refractivity contribution is 0.0200. The van der Waals surface area contributed by atoms with Crippen molar-refractivity contribution < 1.29 is 9.47 Å². The van der Waals surface area contributed by atoms with Gasteiger partial charge in [-0.1, -0.05) is 13.8 Å². The van der Waals surface area contributed by atoms with Crippen LogP contribution in [0.1, 0.15) is 46.5 Å². The zero-order valence-corrected chi connectivity index (χ0v) is 19.2. The number of guanidine groups is 1. The van der Waals surface area contributed by atoms with E-state index in [2.05, 4.69) is 41.3 Å². The average molecular weight is 482 g/mol. The normalized spacial score (nSPS) is 22.5. The summed E-state index contributed by atoms with van der Waals surface area (Å²) in [5.74, 6) is 1.67. The van der Waals surface area contributed by atoms with Gasteiger partial charge in [-0.2, -0.15) is 0 Å². The Kier molecular flexibility index (Phi) is 12.8. The van der Waals surface area contributed by atoms with E-state index in [9.17, 15) is 0 Å². The fourth-order valence-corrected chi connectivity index (χ4v) is 3.50. The summed E-state index contributed by atoms with van der Waals surface area (Å²) in [4.78, 5) is 7.23. The van der Waals surface area contributed by atoms with Gasteiger partial charge < -0.3 is 25.0 Å².